The molecule has 2 heterocycles. The van der Waals surface area contributed by atoms with Crippen LogP contribution in [0.15, 0.2) is 30.3 Å². The highest BCUT2D eigenvalue weighted by atomic mass is 32.1. The third kappa shape index (κ3) is 2.63. The number of para-hydroxylation sites is 1. The summed E-state index contributed by atoms with van der Waals surface area (Å²) in [6.07, 6.45) is 0.983. The fraction of sp³-hybridized carbons (Fsp3) is 0.312. The lowest BCUT2D eigenvalue weighted by Gasteiger charge is -2.14. The highest BCUT2D eigenvalue weighted by Gasteiger charge is 2.14. The number of aryl methyl sites for hydroxylation is 1. The first-order valence-corrected chi connectivity index (χ1v) is 8.15. The molecule has 0 saturated carbocycles. The number of aromatic amines is 1. The van der Waals surface area contributed by atoms with E-state index in [2.05, 4.69) is 41.6 Å². The van der Waals surface area contributed by atoms with Gasteiger partial charge in [-0.05, 0) is 50.3 Å². The number of imidazole rings is 1. The van der Waals surface area contributed by atoms with E-state index in [1.54, 1.807) is 7.11 Å². The highest BCUT2D eigenvalue weighted by Crippen LogP contribution is 2.29. The SMILES string of the molecule is COc1cccc2c1[nH]c(=S)n2C(C)Cc1ccc(C)s1. The maximum absolute atomic E-state index is 5.51. The minimum absolute atomic E-state index is 0.302. The van der Waals surface area contributed by atoms with Crippen LogP contribution in [0.4, 0.5) is 0 Å². The van der Waals surface area contributed by atoms with Crippen molar-refractivity contribution in [2.24, 2.45) is 0 Å². The third-order valence-electron chi connectivity index (χ3n) is 3.67. The molecule has 0 bridgehead atoms. The number of hydrogen-bond donors (Lipinski definition) is 1. The van der Waals surface area contributed by atoms with E-state index in [4.69, 9.17) is 17.0 Å². The number of aromatic nitrogens is 2. The molecule has 1 unspecified atom stereocenters. The Morgan fingerprint density at radius 3 is 2.81 bits per heavy atom. The van der Waals surface area contributed by atoms with Gasteiger partial charge in [0.2, 0.25) is 0 Å². The smallest absolute Gasteiger partial charge is 0.178 e. The van der Waals surface area contributed by atoms with E-state index in [1.807, 2.05) is 23.5 Å². The van der Waals surface area contributed by atoms with Crippen molar-refractivity contribution in [2.45, 2.75) is 26.3 Å². The Morgan fingerprint density at radius 1 is 1.33 bits per heavy atom. The summed E-state index contributed by atoms with van der Waals surface area (Å²) in [5.41, 5.74) is 2.07. The van der Waals surface area contributed by atoms with E-state index in [-0.39, 0.29) is 0 Å². The summed E-state index contributed by atoms with van der Waals surface area (Å²) < 4.78 is 8.34. The zero-order valence-electron chi connectivity index (χ0n) is 12.3. The topological polar surface area (TPSA) is 29.9 Å². The summed E-state index contributed by atoms with van der Waals surface area (Å²) in [4.78, 5) is 6.01. The monoisotopic (exact) mass is 318 g/mol. The lowest BCUT2D eigenvalue weighted by molar-refractivity contribution is 0.419. The Balaban J connectivity index is 2.03. The van der Waals surface area contributed by atoms with E-state index in [0.717, 1.165) is 28.0 Å². The van der Waals surface area contributed by atoms with Crippen molar-refractivity contribution in [1.82, 2.24) is 9.55 Å². The molecule has 110 valence electrons. The van der Waals surface area contributed by atoms with Gasteiger partial charge in [0.25, 0.3) is 0 Å². The summed E-state index contributed by atoms with van der Waals surface area (Å²) in [5, 5.41) is 0. The molecule has 0 fully saturated rings. The number of rotatable bonds is 4. The minimum atomic E-state index is 0.302. The van der Waals surface area contributed by atoms with Crippen molar-refractivity contribution in [3.8, 4) is 5.75 Å². The first-order chi connectivity index (χ1) is 10.1. The summed E-state index contributed by atoms with van der Waals surface area (Å²) in [5.74, 6) is 0.830. The molecule has 3 rings (SSSR count). The molecule has 3 aromatic rings. The average molecular weight is 318 g/mol. The predicted octanol–water partition coefficient (Wildman–Crippen LogP) is 4.88. The van der Waals surface area contributed by atoms with Crippen molar-refractivity contribution in [1.29, 1.82) is 0 Å². The number of nitrogens with one attached hydrogen (secondary N) is 1. The summed E-state index contributed by atoms with van der Waals surface area (Å²) in [6, 6.07) is 10.7. The van der Waals surface area contributed by atoms with Gasteiger partial charge in [-0.15, -0.1) is 11.3 Å². The van der Waals surface area contributed by atoms with Gasteiger partial charge in [-0.25, -0.2) is 0 Å². The summed E-state index contributed by atoms with van der Waals surface area (Å²) >= 11 is 7.36. The van der Waals surface area contributed by atoms with Crippen LogP contribution in [0.5, 0.6) is 5.75 Å². The lowest BCUT2D eigenvalue weighted by Crippen LogP contribution is -2.07. The zero-order valence-corrected chi connectivity index (χ0v) is 14.0. The summed E-state index contributed by atoms with van der Waals surface area (Å²) in [6.45, 7) is 4.35. The van der Waals surface area contributed by atoms with Crippen LogP contribution in [0.3, 0.4) is 0 Å². The Bertz CT molecular complexity index is 828. The van der Waals surface area contributed by atoms with Crippen molar-refractivity contribution < 1.29 is 4.74 Å². The molecule has 0 saturated heterocycles. The zero-order chi connectivity index (χ0) is 15.0. The first kappa shape index (κ1) is 14.4. The molecule has 0 aliphatic heterocycles. The number of benzene rings is 1. The number of fused-ring (bicyclic) bond motifs is 1. The Hall–Kier alpha value is -1.59. The van der Waals surface area contributed by atoms with E-state index in [1.165, 1.54) is 9.75 Å². The van der Waals surface area contributed by atoms with Gasteiger partial charge >= 0.3 is 0 Å². The Kier molecular flexibility index (Phi) is 3.87. The van der Waals surface area contributed by atoms with Gasteiger partial charge in [0.15, 0.2) is 4.77 Å². The quantitative estimate of drug-likeness (QED) is 0.695. The number of ether oxygens (including phenoxy) is 1. The molecule has 1 N–H and O–H groups in total. The molecule has 0 spiro atoms. The van der Waals surface area contributed by atoms with Gasteiger partial charge in [0.1, 0.15) is 11.3 Å². The molecule has 21 heavy (non-hydrogen) atoms. The van der Waals surface area contributed by atoms with Gasteiger partial charge in [-0.3, -0.25) is 0 Å². The van der Waals surface area contributed by atoms with Gasteiger partial charge in [-0.1, -0.05) is 6.07 Å². The largest absolute Gasteiger partial charge is 0.494 e. The number of hydrogen-bond acceptors (Lipinski definition) is 3. The molecule has 0 radical (unpaired) electrons. The Morgan fingerprint density at radius 2 is 2.14 bits per heavy atom. The fourth-order valence-corrected chi connectivity index (χ4v) is 4.10. The van der Waals surface area contributed by atoms with Crippen LogP contribution in [0.25, 0.3) is 11.0 Å². The molecule has 1 aromatic carbocycles. The second-order valence-corrected chi connectivity index (χ2v) is 6.98. The molecular weight excluding hydrogens is 300 g/mol. The van der Waals surface area contributed by atoms with E-state index >= 15 is 0 Å². The van der Waals surface area contributed by atoms with Crippen molar-refractivity contribution in [3.63, 3.8) is 0 Å². The van der Waals surface area contributed by atoms with Gasteiger partial charge in [0, 0.05) is 22.2 Å². The van der Waals surface area contributed by atoms with Crippen molar-refractivity contribution in [2.75, 3.05) is 7.11 Å². The van der Waals surface area contributed by atoms with Crippen LogP contribution in [0, 0.1) is 11.7 Å². The summed E-state index contributed by atoms with van der Waals surface area (Å²) in [7, 11) is 1.68. The minimum Gasteiger partial charge on any atom is -0.494 e. The number of nitrogens with zero attached hydrogens (tertiary/aromatic N) is 1. The van der Waals surface area contributed by atoms with Gasteiger partial charge < -0.3 is 14.3 Å². The van der Waals surface area contributed by atoms with Gasteiger partial charge in [-0.2, -0.15) is 0 Å². The number of methoxy groups -OCH3 is 1. The second kappa shape index (κ2) is 5.66. The fourth-order valence-electron chi connectivity index (χ4n) is 2.71. The molecule has 0 aliphatic carbocycles. The van der Waals surface area contributed by atoms with Crippen LogP contribution in [-0.2, 0) is 6.42 Å². The highest BCUT2D eigenvalue weighted by molar-refractivity contribution is 7.71. The third-order valence-corrected chi connectivity index (χ3v) is 4.99. The second-order valence-electron chi connectivity index (χ2n) is 5.22. The van der Waals surface area contributed by atoms with Crippen LogP contribution in [0.2, 0.25) is 0 Å². The Labute approximate surface area is 133 Å². The van der Waals surface area contributed by atoms with Crippen LogP contribution >= 0.6 is 23.6 Å². The average Bonchev–Trinajstić information content (AvgIpc) is 3.00. The number of H-pyrrole nitrogens is 1. The van der Waals surface area contributed by atoms with E-state index in [0.29, 0.717) is 6.04 Å². The molecule has 5 heteroatoms. The van der Waals surface area contributed by atoms with E-state index in [9.17, 15) is 0 Å². The van der Waals surface area contributed by atoms with Crippen molar-refractivity contribution >= 4 is 34.6 Å². The molecule has 0 amide bonds. The molecule has 2 aromatic heterocycles. The predicted molar refractivity (Wildman–Crippen MR) is 91.1 cm³/mol. The molecule has 3 nitrogen and oxygen atoms in total. The van der Waals surface area contributed by atoms with E-state index < -0.39 is 0 Å². The lowest BCUT2D eigenvalue weighted by atomic mass is 10.2. The molecular formula is C16H18N2OS2. The van der Waals surface area contributed by atoms with Crippen LogP contribution in [0.1, 0.15) is 22.7 Å². The number of thiophene rings is 1. The van der Waals surface area contributed by atoms with Gasteiger partial charge in [0.05, 0.1) is 12.6 Å². The van der Waals surface area contributed by atoms with Crippen LogP contribution < -0.4 is 4.74 Å². The molecule has 0 aliphatic rings. The first-order valence-electron chi connectivity index (χ1n) is 6.92. The van der Waals surface area contributed by atoms with Crippen molar-refractivity contribution in [3.05, 3.63) is 44.9 Å². The van der Waals surface area contributed by atoms with Crippen LogP contribution in [-0.4, -0.2) is 16.7 Å². The maximum Gasteiger partial charge on any atom is 0.178 e. The maximum atomic E-state index is 5.51. The normalized spacial score (nSPS) is 12.7. The molecule has 1 atom stereocenters. The standard InChI is InChI=1S/C16H18N2OS2/c1-10(9-12-8-7-11(2)21-12)18-13-5-4-6-14(19-3)15(13)17-16(18)20/h4-8,10H,9H2,1-3H3,(H,17,20).